The van der Waals surface area contributed by atoms with Crippen LogP contribution in [0.15, 0.2) is 24.5 Å². The quantitative estimate of drug-likeness (QED) is 0.770. The third-order valence-electron chi connectivity index (χ3n) is 5.96. The van der Waals surface area contributed by atoms with E-state index in [0.717, 1.165) is 37.7 Å². The summed E-state index contributed by atoms with van der Waals surface area (Å²) in [5, 5.41) is 3.12. The number of nitrogens with one attached hydrogen (secondary N) is 1. The molecule has 0 spiro atoms. The number of carbonyl (C=O) groups excluding carboxylic acids is 2. The molecule has 6 nitrogen and oxygen atoms in total. The molecule has 142 valence electrons. The Morgan fingerprint density at radius 2 is 2.23 bits per heavy atom. The molecule has 0 aromatic carbocycles. The van der Waals surface area contributed by atoms with E-state index in [1.165, 1.54) is 0 Å². The lowest BCUT2D eigenvalue weighted by atomic mass is 9.71. The molecule has 0 aliphatic carbocycles. The van der Waals surface area contributed by atoms with Gasteiger partial charge < -0.3 is 15.0 Å². The minimum Gasteiger partial charge on any atom is -0.372 e. The van der Waals surface area contributed by atoms with Crippen LogP contribution >= 0.6 is 0 Å². The number of hydrogen-bond acceptors (Lipinski definition) is 4. The Balaban J connectivity index is 1.63. The van der Waals surface area contributed by atoms with Crippen LogP contribution in [0.4, 0.5) is 0 Å². The minimum atomic E-state index is -0.459. The molecule has 2 aliphatic heterocycles. The number of amides is 2. The highest BCUT2D eigenvalue weighted by Crippen LogP contribution is 2.51. The van der Waals surface area contributed by atoms with Crippen molar-refractivity contribution in [1.82, 2.24) is 15.2 Å². The number of hydrogen-bond donors (Lipinski definition) is 1. The van der Waals surface area contributed by atoms with Gasteiger partial charge in [-0.2, -0.15) is 0 Å². The molecular formula is C20H29N3O3. The normalized spacial score (nSPS) is 26.9. The summed E-state index contributed by atoms with van der Waals surface area (Å²) in [6.07, 6.45) is 7.76. The van der Waals surface area contributed by atoms with Crippen molar-refractivity contribution < 1.29 is 14.3 Å². The van der Waals surface area contributed by atoms with E-state index in [2.05, 4.69) is 17.2 Å². The molecule has 2 fully saturated rings. The van der Waals surface area contributed by atoms with Crippen LogP contribution in [0.2, 0.25) is 0 Å². The van der Waals surface area contributed by atoms with Gasteiger partial charge >= 0.3 is 0 Å². The molecule has 3 atom stereocenters. The maximum atomic E-state index is 13.1. The SMILES string of the molecule is CCOCC(=O)N1[C@H]2CC[C@@H]1[C@](CC)(C(=O)NCCc1cccnc1)C2. The number of rotatable bonds is 8. The van der Waals surface area contributed by atoms with E-state index >= 15 is 0 Å². The second-order valence-electron chi connectivity index (χ2n) is 7.27. The molecule has 0 saturated carbocycles. The number of pyridine rings is 1. The fourth-order valence-electron chi connectivity index (χ4n) is 4.65. The highest BCUT2D eigenvalue weighted by Gasteiger charge is 2.59. The van der Waals surface area contributed by atoms with Gasteiger partial charge in [-0.15, -0.1) is 0 Å². The maximum absolute atomic E-state index is 13.1. The Kier molecular flexibility index (Phi) is 5.91. The summed E-state index contributed by atoms with van der Waals surface area (Å²) in [6.45, 7) is 5.19. The standard InChI is InChI=1S/C20H29N3O3/c1-3-20(19(25)22-11-9-15-6-5-10-21-13-15)12-16-7-8-17(20)23(16)18(24)14-26-4-2/h5-6,10,13,16-17H,3-4,7-9,11-12,14H2,1-2H3,(H,22,25)/t16-,17+,20+/m0/s1. The molecule has 1 aromatic rings. The van der Waals surface area contributed by atoms with E-state index in [1.807, 2.05) is 30.2 Å². The number of aromatic nitrogens is 1. The number of nitrogens with zero attached hydrogens (tertiary/aromatic N) is 2. The first-order valence-corrected chi connectivity index (χ1v) is 9.68. The Bertz CT molecular complexity index is 636. The number of fused-ring (bicyclic) bond motifs is 2. The van der Waals surface area contributed by atoms with Crippen molar-refractivity contribution in [2.45, 2.75) is 58.0 Å². The molecule has 2 amide bonds. The van der Waals surface area contributed by atoms with Crippen LogP contribution < -0.4 is 5.32 Å². The average Bonchev–Trinajstić information content (AvgIpc) is 3.23. The zero-order valence-corrected chi connectivity index (χ0v) is 15.7. The number of carbonyl (C=O) groups is 2. The summed E-state index contributed by atoms with van der Waals surface area (Å²) in [7, 11) is 0. The highest BCUT2D eigenvalue weighted by atomic mass is 16.5. The third kappa shape index (κ3) is 3.47. The first-order valence-electron chi connectivity index (χ1n) is 9.68. The second-order valence-corrected chi connectivity index (χ2v) is 7.27. The van der Waals surface area contributed by atoms with Crippen LogP contribution in [0.25, 0.3) is 0 Å². The molecule has 3 rings (SSSR count). The van der Waals surface area contributed by atoms with Gasteiger partial charge in [0.05, 0.1) is 5.41 Å². The molecule has 0 unspecified atom stereocenters. The predicted octanol–water partition coefficient (Wildman–Crippen LogP) is 1.94. The predicted molar refractivity (Wildman–Crippen MR) is 98.4 cm³/mol. The first kappa shape index (κ1) is 18.8. The van der Waals surface area contributed by atoms with Gasteiger partial charge in [0, 0.05) is 37.6 Å². The summed E-state index contributed by atoms with van der Waals surface area (Å²) < 4.78 is 5.31. The molecule has 6 heteroatoms. The summed E-state index contributed by atoms with van der Waals surface area (Å²) in [6, 6.07) is 4.10. The fraction of sp³-hybridized carbons (Fsp3) is 0.650. The lowest BCUT2D eigenvalue weighted by Crippen LogP contribution is -2.50. The van der Waals surface area contributed by atoms with E-state index < -0.39 is 5.41 Å². The van der Waals surface area contributed by atoms with Gasteiger partial charge in [0.1, 0.15) is 6.61 Å². The van der Waals surface area contributed by atoms with Gasteiger partial charge in [0.25, 0.3) is 0 Å². The van der Waals surface area contributed by atoms with Crippen LogP contribution in [0.3, 0.4) is 0 Å². The van der Waals surface area contributed by atoms with Gasteiger partial charge in [0.15, 0.2) is 0 Å². The average molecular weight is 359 g/mol. The van der Waals surface area contributed by atoms with Crippen LogP contribution in [-0.2, 0) is 20.7 Å². The Hall–Kier alpha value is -1.95. The van der Waals surface area contributed by atoms with E-state index in [-0.39, 0.29) is 30.5 Å². The smallest absolute Gasteiger partial charge is 0.249 e. The lowest BCUT2D eigenvalue weighted by molar-refractivity contribution is -0.140. The Labute approximate surface area is 155 Å². The molecule has 1 aromatic heterocycles. The maximum Gasteiger partial charge on any atom is 0.249 e. The minimum absolute atomic E-state index is 0.00356. The Morgan fingerprint density at radius 3 is 2.92 bits per heavy atom. The summed E-state index contributed by atoms with van der Waals surface area (Å²) in [4.78, 5) is 31.7. The monoisotopic (exact) mass is 359 g/mol. The summed E-state index contributed by atoms with van der Waals surface area (Å²) in [5.74, 6) is 0.114. The van der Waals surface area contributed by atoms with Crippen LogP contribution in [0, 0.1) is 5.41 Å². The van der Waals surface area contributed by atoms with Crippen molar-refractivity contribution >= 4 is 11.8 Å². The van der Waals surface area contributed by atoms with Crippen molar-refractivity contribution in [3.05, 3.63) is 30.1 Å². The summed E-state index contributed by atoms with van der Waals surface area (Å²) in [5.41, 5.74) is 0.652. The molecule has 1 N–H and O–H groups in total. The molecule has 26 heavy (non-hydrogen) atoms. The van der Waals surface area contributed by atoms with Gasteiger partial charge in [-0.25, -0.2) is 0 Å². The van der Waals surface area contributed by atoms with Crippen LogP contribution in [0.5, 0.6) is 0 Å². The van der Waals surface area contributed by atoms with Crippen molar-refractivity contribution in [1.29, 1.82) is 0 Å². The van der Waals surface area contributed by atoms with Gasteiger partial charge in [-0.1, -0.05) is 13.0 Å². The first-order chi connectivity index (χ1) is 12.6. The molecule has 0 radical (unpaired) electrons. The highest BCUT2D eigenvalue weighted by molar-refractivity contribution is 5.87. The van der Waals surface area contributed by atoms with E-state index in [9.17, 15) is 9.59 Å². The lowest BCUT2D eigenvalue weighted by Gasteiger charge is -2.35. The van der Waals surface area contributed by atoms with Crippen molar-refractivity contribution in [2.75, 3.05) is 19.8 Å². The molecule has 3 heterocycles. The number of ether oxygens (including phenoxy) is 1. The zero-order valence-electron chi connectivity index (χ0n) is 15.7. The summed E-state index contributed by atoms with van der Waals surface area (Å²) >= 11 is 0. The second kappa shape index (κ2) is 8.16. The van der Waals surface area contributed by atoms with Gasteiger partial charge in [-0.05, 0) is 50.7 Å². The topological polar surface area (TPSA) is 71.5 Å². The van der Waals surface area contributed by atoms with Crippen LogP contribution in [0.1, 0.15) is 45.1 Å². The van der Waals surface area contributed by atoms with Crippen molar-refractivity contribution in [3.8, 4) is 0 Å². The molecule has 2 bridgehead atoms. The van der Waals surface area contributed by atoms with Gasteiger partial charge in [-0.3, -0.25) is 14.6 Å². The third-order valence-corrected chi connectivity index (χ3v) is 5.96. The molecule has 2 aliphatic rings. The molecular weight excluding hydrogens is 330 g/mol. The fourth-order valence-corrected chi connectivity index (χ4v) is 4.65. The Morgan fingerprint density at radius 1 is 1.38 bits per heavy atom. The van der Waals surface area contributed by atoms with Crippen molar-refractivity contribution in [3.63, 3.8) is 0 Å². The van der Waals surface area contributed by atoms with Gasteiger partial charge in [0.2, 0.25) is 11.8 Å². The van der Waals surface area contributed by atoms with Crippen molar-refractivity contribution in [2.24, 2.45) is 5.41 Å². The zero-order chi connectivity index (χ0) is 18.6. The van der Waals surface area contributed by atoms with Crippen LogP contribution in [-0.4, -0.2) is 53.5 Å². The van der Waals surface area contributed by atoms with E-state index in [4.69, 9.17) is 4.74 Å². The largest absolute Gasteiger partial charge is 0.372 e. The van der Waals surface area contributed by atoms with E-state index in [1.54, 1.807) is 6.20 Å². The molecule has 2 saturated heterocycles. The van der Waals surface area contributed by atoms with E-state index in [0.29, 0.717) is 13.2 Å².